The molecule has 2 N–H and O–H groups in total. The summed E-state index contributed by atoms with van der Waals surface area (Å²) in [7, 11) is 0. The second-order valence-corrected chi connectivity index (χ2v) is 6.13. The van der Waals surface area contributed by atoms with Gasteiger partial charge in [0, 0.05) is 6.54 Å². The van der Waals surface area contributed by atoms with E-state index in [1.807, 2.05) is 18.2 Å². The number of nitrogens with zero attached hydrogens (tertiary/aromatic N) is 1. The van der Waals surface area contributed by atoms with Gasteiger partial charge in [0.2, 0.25) is 6.79 Å². The Morgan fingerprint density at radius 1 is 1.40 bits per heavy atom. The number of ether oxygens (including phenoxy) is 2. The Balaban J connectivity index is 1.88. The molecule has 1 aromatic rings. The van der Waals surface area contributed by atoms with Crippen molar-refractivity contribution in [2.24, 2.45) is 11.7 Å². The van der Waals surface area contributed by atoms with Crippen molar-refractivity contribution < 1.29 is 9.47 Å². The van der Waals surface area contributed by atoms with Crippen LogP contribution in [0.4, 0.5) is 0 Å². The molecule has 0 saturated carbocycles. The molecule has 1 fully saturated rings. The van der Waals surface area contributed by atoms with Gasteiger partial charge < -0.3 is 15.2 Å². The number of hydrogen-bond acceptors (Lipinski definition) is 4. The Morgan fingerprint density at radius 2 is 2.20 bits per heavy atom. The SMILES string of the molecule is CC1CCCN(C(C(N)=S)c2ccc3c(c2)OCO3)C1. The molecule has 1 aromatic carbocycles. The molecule has 0 spiro atoms. The number of benzene rings is 1. The van der Waals surface area contributed by atoms with Crippen molar-refractivity contribution in [1.82, 2.24) is 4.90 Å². The molecule has 0 aromatic heterocycles. The minimum Gasteiger partial charge on any atom is -0.454 e. The van der Waals surface area contributed by atoms with E-state index in [-0.39, 0.29) is 12.8 Å². The molecule has 1 saturated heterocycles. The summed E-state index contributed by atoms with van der Waals surface area (Å²) in [6.07, 6.45) is 2.48. The van der Waals surface area contributed by atoms with E-state index in [2.05, 4.69) is 11.8 Å². The van der Waals surface area contributed by atoms with Crippen LogP contribution < -0.4 is 15.2 Å². The van der Waals surface area contributed by atoms with Crippen LogP contribution >= 0.6 is 12.2 Å². The Morgan fingerprint density at radius 3 is 2.95 bits per heavy atom. The van der Waals surface area contributed by atoms with Gasteiger partial charge in [0.05, 0.1) is 11.0 Å². The Labute approximate surface area is 124 Å². The maximum atomic E-state index is 6.01. The smallest absolute Gasteiger partial charge is 0.231 e. The van der Waals surface area contributed by atoms with E-state index in [0.717, 1.165) is 30.2 Å². The maximum absolute atomic E-state index is 6.01. The quantitative estimate of drug-likeness (QED) is 0.867. The lowest BCUT2D eigenvalue weighted by Crippen LogP contribution is -2.42. The highest BCUT2D eigenvalue weighted by Crippen LogP contribution is 2.36. The topological polar surface area (TPSA) is 47.7 Å². The number of nitrogens with two attached hydrogens (primary N) is 1. The van der Waals surface area contributed by atoms with Crippen LogP contribution in [0.1, 0.15) is 31.4 Å². The van der Waals surface area contributed by atoms with Gasteiger partial charge in [0.25, 0.3) is 0 Å². The normalized spacial score (nSPS) is 23.6. The molecule has 5 heteroatoms. The molecule has 2 atom stereocenters. The lowest BCUT2D eigenvalue weighted by Gasteiger charge is -2.37. The Kier molecular flexibility index (Phi) is 3.81. The number of piperidine rings is 1. The molecular weight excluding hydrogens is 272 g/mol. The van der Waals surface area contributed by atoms with Crippen molar-refractivity contribution in [1.29, 1.82) is 0 Å². The molecule has 0 amide bonds. The van der Waals surface area contributed by atoms with Crippen LogP contribution in [0.25, 0.3) is 0 Å². The van der Waals surface area contributed by atoms with Crippen LogP contribution in [-0.4, -0.2) is 29.8 Å². The molecule has 3 rings (SSSR count). The van der Waals surface area contributed by atoms with Crippen molar-refractivity contribution in [3.8, 4) is 11.5 Å². The van der Waals surface area contributed by atoms with Crippen molar-refractivity contribution in [2.75, 3.05) is 19.9 Å². The highest BCUT2D eigenvalue weighted by atomic mass is 32.1. The third-order valence-electron chi connectivity index (χ3n) is 4.04. The predicted octanol–water partition coefficient (Wildman–Crippen LogP) is 2.47. The Bertz CT molecular complexity index is 521. The first kappa shape index (κ1) is 13.6. The molecule has 2 heterocycles. The van der Waals surface area contributed by atoms with Gasteiger partial charge in [0.1, 0.15) is 0 Å². The third-order valence-corrected chi connectivity index (χ3v) is 4.26. The highest BCUT2D eigenvalue weighted by Gasteiger charge is 2.28. The Hall–Kier alpha value is -1.33. The monoisotopic (exact) mass is 292 g/mol. The number of thiocarbonyl (C=S) groups is 1. The van der Waals surface area contributed by atoms with Crippen LogP contribution in [0.5, 0.6) is 11.5 Å². The molecule has 2 aliphatic heterocycles. The summed E-state index contributed by atoms with van der Waals surface area (Å²) in [6.45, 7) is 4.65. The van der Waals surface area contributed by atoms with Crippen molar-refractivity contribution >= 4 is 17.2 Å². The lowest BCUT2D eigenvalue weighted by atomic mass is 9.96. The number of hydrogen-bond donors (Lipinski definition) is 1. The fraction of sp³-hybridized carbons (Fsp3) is 0.533. The zero-order valence-electron chi connectivity index (χ0n) is 11.7. The van der Waals surface area contributed by atoms with Gasteiger partial charge in [0.15, 0.2) is 11.5 Å². The molecule has 20 heavy (non-hydrogen) atoms. The fourth-order valence-corrected chi connectivity index (χ4v) is 3.38. The van der Waals surface area contributed by atoms with Crippen LogP contribution in [0.15, 0.2) is 18.2 Å². The van der Waals surface area contributed by atoms with E-state index in [0.29, 0.717) is 10.9 Å². The second-order valence-electron chi connectivity index (χ2n) is 5.66. The average molecular weight is 292 g/mol. The standard InChI is InChI=1S/C15H20N2O2S/c1-10-3-2-6-17(8-10)14(15(16)20)11-4-5-12-13(7-11)19-9-18-12/h4-5,7,10,14H,2-3,6,8-9H2,1H3,(H2,16,20). The fourth-order valence-electron chi connectivity index (χ4n) is 3.10. The van der Waals surface area contributed by atoms with Crippen LogP contribution in [0.3, 0.4) is 0 Å². The van der Waals surface area contributed by atoms with Gasteiger partial charge in [-0.25, -0.2) is 0 Å². The largest absolute Gasteiger partial charge is 0.454 e. The van der Waals surface area contributed by atoms with Crippen LogP contribution in [0, 0.1) is 5.92 Å². The van der Waals surface area contributed by atoms with Crippen molar-refractivity contribution in [3.05, 3.63) is 23.8 Å². The zero-order valence-corrected chi connectivity index (χ0v) is 12.5. The predicted molar refractivity (Wildman–Crippen MR) is 82.1 cm³/mol. The molecule has 0 bridgehead atoms. The minimum absolute atomic E-state index is 0.0118. The lowest BCUT2D eigenvalue weighted by molar-refractivity contribution is 0.162. The summed E-state index contributed by atoms with van der Waals surface area (Å²) in [5.41, 5.74) is 7.10. The van der Waals surface area contributed by atoms with Gasteiger partial charge in [-0.15, -0.1) is 0 Å². The van der Waals surface area contributed by atoms with Crippen LogP contribution in [-0.2, 0) is 0 Å². The number of rotatable bonds is 3. The summed E-state index contributed by atoms with van der Waals surface area (Å²) in [6, 6.07) is 5.97. The molecule has 0 radical (unpaired) electrons. The van der Waals surface area contributed by atoms with Crippen molar-refractivity contribution in [3.63, 3.8) is 0 Å². The minimum atomic E-state index is -0.0118. The second kappa shape index (κ2) is 5.58. The molecule has 0 aliphatic carbocycles. The first-order chi connectivity index (χ1) is 9.65. The van der Waals surface area contributed by atoms with Gasteiger partial charge >= 0.3 is 0 Å². The summed E-state index contributed by atoms with van der Waals surface area (Å²) in [4.78, 5) is 2.91. The van der Waals surface area contributed by atoms with E-state index in [1.54, 1.807) is 0 Å². The third kappa shape index (κ3) is 2.60. The summed E-state index contributed by atoms with van der Waals surface area (Å²) < 4.78 is 10.8. The van der Waals surface area contributed by atoms with E-state index in [9.17, 15) is 0 Å². The zero-order chi connectivity index (χ0) is 14.1. The summed E-state index contributed by atoms with van der Waals surface area (Å²) in [5.74, 6) is 2.27. The number of likely N-dealkylation sites (tertiary alicyclic amines) is 1. The molecular formula is C15H20N2O2S. The van der Waals surface area contributed by atoms with Gasteiger partial charge in [-0.2, -0.15) is 0 Å². The summed E-state index contributed by atoms with van der Waals surface area (Å²) in [5, 5.41) is 0. The van der Waals surface area contributed by atoms with Crippen molar-refractivity contribution in [2.45, 2.75) is 25.8 Å². The van der Waals surface area contributed by atoms with E-state index in [4.69, 9.17) is 27.4 Å². The summed E-state index contributed by atoms with van der Waals surface area (Å²) >= 11 is 5.31. The molecule has 2 unspecified atom stereocenters. The highest BCUT2D eigenvalue weighted by molar-refractivity contribution is 7.80. The molecule has 4 nitrogen and oxygen atoms in total. The van der Waals surface area contributed by atoms with E-state index < -0.39 is 0 Å². The van der Waals surface area contributed by atoms with Gasteiger partial charge in [-0.1, -0.05) is 25.2 Å². The van der Waals surface area contributed by atoms with Gasteiger partial charge in [-0.05, 0) is 43.0 Å². The molecule has 108 valence electrons. The first-order valence-electron chi connectivity index (χ1n) is 7.08. The number of fused-ring (bicyclic) bond motifs is 1. The van der Waals surface area contributed by atoms with Crippen LogP contribution in [0.2, 0.25) is 0 Å². The van der Waals surface area contributed by atoms with E-state index >= 15 is 0 Å². The first-order valence-corrected chi connectivity index (χ1v) is 7.49. The average Bonchev–Trinajstić information content (AvgIpc) is 2.86. The maximum Gasteiger partial charge on any atom is 0.231 e. The van der Waals surface area contributed by atoms with Gasteiger partial charge in [-0.3, -0.25) is 4.90 Å². The molecule has 2 aliphatic rings. The van der Waals surface area contributed by atoms with E-state index in [1.165, 1.54) is 12.8 Å².